The summed E-state index contributed by atoms with van der Waals surface area (Å²) in [6, 6.07) is 7.48. The third kappa shape index (κ3) is 6.38. The largest absolute Gasteiger partial charge is 0.491 e. The van der Waals surface area contributed by atoms with Gasteiger partial charge in [-0.2, -0.15) is 0 Å². The summed E-state index contributed by atoms with van der Waals surface area (Å²) < 4.78 is 11.0. The van der Waals surface area contributed by atoms with Gasteiger partial charge in [0.15, 0.2) is 0 Å². The van der Waals surface area contributed by atoms with E-state index < -0.39 is 11.4 Å². The highest BCUT2D eigenvalue weighted by Gasteiger charge is 2.35. The number of benzene rings is 1. The second-order valence-electron chi connectivity index (χ2n) is 6.95. The van der Waals surface area contributed by atoms with E-state index in [0.717, 1.165) is 11.3 Å². The molecule has 138 valence electrons. The zero-order valence-electron chi connectivity index (χ0n) is 14.9. The molecule has 0 unspecified atom stereocenters. The van der Waals surface area contributed by atoms with Crippen LogP contribution in [0.2, 0.25) is 0 Å². The summed E-state index contributed by atoms with van der Waals surface area (Å²) in [5, 5.41) is 12.1. The molecule has 0 saturated carbocycles. The minimum Gasteiger partial charge on any atom is -0.491 e. The van der Waals surface area contributed by atoms with Crippen LogP contribution >= 0.6 is 0 Å². The molecule has 1 aromatic rings. The van der Waals surface area contributed by atoms with Crippen molar-refractivity contribution in [2.24, 2.45) is 5.41 Å². The van der Waals surface area contributed by atoms with Crippen LogP contribution in [0.3, 0.4) is 0 Å². The van der Waals surface area contributed by atoms with Crippen LogP contribution in [-0.4, -0.2) is 42.8 Å². The topological polar surface area (TPSA) is 84.9 Å². The van der Waals surface area contributed by atoms with Gasteiger partial charge in [-0.3, -0.25) is 9.59 Å². The Hall–Kier alpha value is -2.08. The van der Waals surface area contributed by atoms with E-state index in [1.807, 2.05) is 38.1 Å². The van der Waals surface area contributed by atoms with Gasteiger partial charge in [0.25, 0.3) is 0 Å². The molecular weight excluding hydrogens is 322 g/mol. The van der Waals surface area contributed by atoms with Crippen LogP contribution in [0.1, 0.15) is 38.7 Å². The van der Waals surface area contributed by atoms with Crippen LogP contribution in [0.25, 0.3) is 0 Å². The molecule has 0 radical (unpaired) electrons. The van der Waals surface area contributed by atoms with Crippen molar-refractivity contribution in [1.82, 2.24) is 5.32 Å². The Labute approximate surface area is 148 Å². The van der Waals surface area contributed by atoms with Crippen LogP contribution in [-0.2, 0) is 20.7 Å². The zero-order valence-corrected chi connectivity index (χ0v) is 14.9. The average Bonchev–Trinajstić information content (AvgIpc) is 2.53. The highest BCUT2D eigenvalue weighted by Crippen LogP contribution is 2.33. The fourth-order valence-corrected chi connectivity index (χ4v) is 3.08. The summed E-state index contributed by atoms with van der Waals surface area (Å²) in [7, 11) is 0. The van der Waals surface area contributed by atoms with Crippen molar-refractivity contribution in [3.8, 4) is 5.75 Å². The monoisotopic (exact) mass is 349 g/mol. The van der Waals surface area contributed by atoms with Gasteiger partial charge < -0.3 is 19.9 Å². The Kier molecular flexibility index (Phi) is 6.82. The Morgan fingerprint density at radius 2 is 2.04 bits per heavy atom. The van der Waals surface area contributed by atoms with Gasteiger partial charge in [-0.15, -0.1) is 0 Å². The van der Waals surface area contributed by atoms with Gasteiger partial charge >= 0.3 is 5.97 Å². The number of hydrogen-bond donors (Lipinski definition) is 2. The van der Waals surface area contributed by atoms with E-state index in [4.69, 9.17) is 14.6 Å². The van der Waals surface area contributed by atoms with Gasteiger partial charge in [0, 0.05) is 25.2 Å². The van der Waals surface area contributed by atoms with Crippen LogP contribution in [0.15, 0.2) is 24.3 Å². The van der Waals surface area contributed by atoms with Gasteiger partial charge in [0.2, 0.25) is 5.91 Å². The third-order valence-electron chi connectivity index (χ3n) is 4.38. The standard InChI is InChI=1S/C19H27NO5/c1-14(2)25-16-5-3-4-15(10-16)11-17(21)20-13-19(12-18(22)23)6-8-24-9-7-19/h3-5,10,14H,6-9,11-13H2,1-2H3,(H,20,21)(H,22,23). The zero-order chi connectivity index (χ0) is 18.3. The second-order valence-corrected chi connectivity index (χ2v) is 6.95. The smallest absolute Gasteiger partial charge is 0.303 e. The fraction of sp³-hybridized carbons (Fsp3) is 0.579. The number of amides is 1. The molecule has 1 aliphatic rings. The lowest BCUT2D eigenvalue weighted by atomic mass is 9.77. The van der Waals surface area contributed by atoms with E-state index in [1.54, 1.807) is 0 Å². The van der Waals surface area contributed by atoms with Gasteiger partial charge in [-0.1, -0.05) is 12.1 Å². The maximum Gasteiger partial charge on any atom is 0.303 e. The fourth-order valence-electron chi connectivity index (χ4n) is 3.08. The third-order valence-corrected chi connectivity index (χ3v) is 4.38. The predicted octanol–water partition coefficient (Wildman–Crippen LogP) is 2.40. The first-order valence-corrected chi connectivity index (χ1v) is 8.70. The van der Waals surface area contributed by atoms with Crippen molar-refractivity contribution in [1.29, 1.82) is 0 Å². The summed E-state index contributed by atoms with van der Waals surface area (Å²) in [5.41, 5.74) is 0.456. The first-order valence-electron chi connectivity index (χ1n) is 8.70. The summed E-state index contributed by atoms with van der Waals surface area (Å²) in [6.45, 7) is 5.35. The molecule has 0 spiro atoms. The van der Waals surface area contributed by atoms with Crippen LogP contribution in [0, 0.1) is 5.41 Å². The lowest BCUT2D eigenvalue weighted by Gasteiger charge is -2.36. The molecule has 0 bridgehead atoms. The molecule has 2 N–H and O–H groups in total. The van der Waals surface area contributed by atoms with Gasteiger partial charge in [-0.25, -0.2) is 0 Å². The van der Waals surface area contributed by atoms with Gasteiger partial charge in [0.05, 0.1) is 18.9 Å². The lowest BCUT2D eigenvalue weighted by molar-refractivity contribution is -0.142. The van der Waals surface area contributed by atoms with E-state index in [9.17, 15) is 9.59 Å². The van der Waals surface area contributed by atoms with Crippen LogP contribution in [0.4, 0.5) is 0 Å². The quantitative estimate of drug-likeness (QED) is 0.753. The number of nitrogens with one attached hydrogen (secondary N) is 1. The summed E-state index contributed by atoms with van der Waals surface area (Å²) in [6.07, 6.45) is 1.67. The highest BCUT2D eigenvalue weighted by atomic mass is 16.5. The van der Waals surface area contributed by atoms with E-state index in [1.165, 1.54) is 0 Å². The van der Waals surface area contributed by atoms with Crippen molar-refractivity contribution in [3.63, 3.8) is 0 Å². The molecule has 1 aromatic carbocycles. The minimum atomic E-state index is -0.838. The number of ether oxygens (including phenoxy) is 2. The van der Waals surface area contributed by atoms with Crippen LogP contribution < -0.4 is 10.1 Å². The normalized spacial score (nSPS) is 16.4. The molecule has 1 saturated heterocycles. The summed E-state index contributed by atoms with van der Waals surface area (Å²) in [4.78, 5) is 23.5. The number of carbonyl (C=O) groups is 2. The molecule has 1 fully saturated rings. The van der Waals surface area contributed by atoms with Crippen molar-refractivity contribution in [2.75, 3.05) is 19.8 Å². The molecule has 25 heavy (non-hydrogen) atoms. The van der Waals surface area contributed by atoms with Crippen molar-refractivity contribution >= 4 is 11.9 Å². The molecule has 6 nitrogen and oxygen atoms in total. The molecule has 0 atom stereocenters. The first kappa shape index (κ1) is 19.2. The molecule has 2 rings (SSSR count). The summed E-state index contributed by atoms with van der Waals surface area (Å²) in [5.74, 6) is -0.209. The molecule has 6 heteroatoms. The summed E-state index contributed by atoms with van der Waals surface area (Å²) >= 11 is 0. The molecule has 1 heterocycles. The number of hydrogen-bond acceptors (Lipinski definition) is 4. The van der Waals surface area contributed by atoms with E-state index in [-0.39, 0.29) is 24.9 Å². The molecule has 0 aromatic heterocycles. The number of carboxylic acid groups (broad SMARTS) is 1. The lowest BCUT2D eigenvalue weighted by Crippen LogP contribution is -2.43. The Morgan fingerprint density at radius 3 is 2.68 bits per heavy atom. The Morgan fingerprint density at radius 1 is 1.32 bits per heavy atom. The van der Waals surface area contributed by atoms with Crippen molar-refractivity contribution in [3.05, 3.63) is 29.8 Å². The first-order chi connectivity index (χ1) is 11.9. The van der Waals surface area contributed by atoms with Crippen molar-refractivity contribution in [2.45, 2.75) is 45.6 Å². The SMILES string of the molecule is CC(C)Oc1cccc(CC(=O)NCC2(CC(=O)O)CCOCC2)c1. The molecule has 1 aliphatic heterocycles. The second kappa shape index (κ2) is 8.85. The maximum absolute atomic E-state index is 12.3. The average molecular weight is 349 g/mol. The molecule has 1 amide bonds. The highest BCUT2D eigenvalue weighted by molar-refractivity contribution is 5.78. The number of carbonyl (C=O) groups excluding carboxylic acids is 1. The van der Waals surface area contributed by atoms with E-state index >= 15 is 0 Å². The molecule has 0 aliphatic carbocycles. The predicted molar refractivity (Wildman–Crippen MR) is 93.7 cm³/mol. The number of rotatable bonds is 8. The Balaban J connectivity index is 1.91. The van der Waals surface area contributed by atoms with Gasteiger partial charge in [0.1, 0.15) is 5.75 Å². The van der Waals surface area contributed by atoms with Gasteiger partial charge in [-0.05, 0) is 44.4 Å². The van der Waals surface area contributed by atoms with Crippen molar-refractivity contribution < 1.29 is 24.2 Å². The van der Waals surface area contributed by atoms with Crippen LogP contribution in [0.5, 0.6) is 5.75 Å². The number of aliphatic carboxylic acids is 1. The number of carboxylic acids is 1. The van der Waals surface area contributed by atoms with E-state index in [0.29, 0.717) is 32.6 Å². The van der Waals surface area contributed by atoms with E-state index in [2.05, 4.69) is 5.32 Å². The minimum absolute atomic E-state index is 0.0500. The Bertz CT molecular complexity index is 593. The maximum atomic E-state index is 12.3. The molecular formula is C19H27NO5.